The summed E-state index contributed by atoms with van der Waals surface area (Å²) in [6, 6.07) is 14.8. The van der Waals surface area contributed by atoms with E-state index in [1.165, 1.54) is 11.0 Å². The SMILES string of the molecule is [2H]C([2H])(c1cn(-c2ccnc(Nc3cc(NC(=O)C=C)c(N4CCOCC4)cc3OC)n2)nc1-c1ccccc1)N(C)C. The number of aromatic nitrogens is 4. The van der Waals surface area contributed by atoms with Crippen molar-refractivity contribution in [3.05, 3.63) is 79.1 Å². The van der Waals surface area contributed by atoms with Crippen molar-refractivity contribution in [1.82, 2.24) is 24.6 Å². The van der Waals surface area contributed by atoms with Gasteiger partial charge in [0.2, 0.25) is 11.9 Å². The van der Waals surface area contributed by atoms with Crippen LogP contribution in [0.4, 0.5) is 23.0 Å². The number of carbonyl (C=O) groups is 1. The lowest BCUT2D eigenvalue weighted by molar-refractivity contribution is -0.111. The predicted molar refractivity (Wildman–Crippen MR) is 160 cm³/mol. The first-order chi connectivity index (χ1) is 20.7. The van der Waals surface area contributed by atoms with E-state index in [9.17, 15) is 4.79 Å². The smallest absolute Gasteiger partial charge is 0.247 e. The van der Waals surface area contributed by atoms with Gasteiger partial charge in [-0.3, -0.25) is 4.79 Å². The number of nitrogens with one attached hydrogen (secondary N) is 2. The number of amides is 1. The molecule has 0 spiro atoms. The first-order valence-corrected chi connectivity index (χ1v) is 13.1. The summed E-state index contributed by atoms with van der Waals surface area (Å²) in [5, 5.41) is 10.8. The van der Waals surface area contributed by atoms with E-state index in [0.29, 0.717) is 60.5 Å². The second-order valence-corrected chi connectivity index (χ2v) is 9.43. The van der Waals surface area contributed by atoms with Crippen LogP contribution in [-0.2, 0) is 16.0 Å². The Morgan fingerprint density at radius 1 is 1.20 bits per heavy atom. The average molecular weight is 557 g/mol. The molecule has 1 amide bonds. The molecule has 0 saturated carbocycles. The third-order valence-corrected chi connectivity index (χ3v) is 6.34. The molecule has 212 valence electrons. The molecule has 1 saturated heterocycles. The molecule has 1 fully saturated rings. The number of carbonyl (C=O) groups excluding carboxylic acids is 1. The third-order valence-electron chi connectivity index (χ3n) is 6.34. The molecule has 4 aromatic rings. The number of ether oxygens (including phenoxy) is 2. The minimum Gasteiger partial charge on any atom is -0.494 e. The molecule has 0 unspecified atom stereocenters. The van der Waals surface area contributed by atoms with Crippen LogP contribution in [0.2, 0.25) is 0 Å². The van der Waals surface area contributed by atoms with Crippen molar-refractivity contribution in [3.63, 3.8) is 0 Å². The summed E-state index contributed by atoms with van der Waals surface area (Å²) in [7, 11) is 4.93. The van der Waals surface area contributed by atoms with Crippen LogP contribution in [0.5, 0.6) is 5.75 Å². The van der Waals surface area contributed by atoms with Gasteiger partial charge in [0.05, 0.1) is 43.1 Å². The molecule has 2 aromatic heterocycles. The summed E-state index contributed by atoms with van der Waals surface area (Å²) in [6.45, 7) is 4.27. The van der Waals surface area contributed by atoms with Crippen LogP contribution in [0.15, 0.2) is 73.6 Å². The van der Waals surface area contributed by atoms with Gasteiger partial charge in [0.25, 0.3) is 0 Å². The maximum Gasteiger partial charge on any atom is 0.247 e. The number of hydrogen-bond donors (Lipinski definition) is 2. The maximum absolute atomic E-state index is 12.3. The van der Waals surface area contributed by atoms with Crippen molar-refractivity contribution in [2.24, 2.45) is 0 Å². The molecule has 0 aliphatic carbocycles. The minimum absolute atomic E-state index is 0.254. The van der Waals surface area contributed by atoms with Crippen molar-refractivity contribution in [3.8, 4) is 22.8 Å². The molecule has 11 heteroatoms. The van der Waals surface area contributed by atoms with Crippen molar-refractivity contribution in [1.29, 1.82) is 0 Å². The molecular formula is C30H34N8O3. The van der Waals surface area contributed by atoms with Crippen LogP contribution in [-0.4, -0.2) is 78.1 Å². The highest BCUT2D eigenvalue weighted by molar-refractivity contribution is 6.02. The van der Waals surface area contributed by atoms with E-state index in [1.807, 2.05) is 36.4 Å². The molecule has 0 atom stereocenters. The molecule has 11 nitrogen and oxygen atoms in total. The fraction of sp³-hybridized carbons (Fsp3) is 0.267. The van der Waals surface area contributed by atoms with E-state index in [1.54, 1.807) is 50.4 Å². The van der Waals surface area contributed by atoms with Crippen LogP contribution >= 0.6 is 0 Å². The Morgan fingerprint density at radius 2 is 1.98 bits per heavy atom. The Hall–Kier alpha value is -4.74. The van der Waals surface area contributed by atoms with Crippen molar-refractivity contribution in [2.75, 3.05) is 63.0 Å². The normalized spacial score (nSPS) is 14.3. The van der Waals surface area contributed by atoms with E-state index in [2.05, 4.69) is 32.1 Å². The molecule has 2 aromatic carbocycles. The molecule has 5 rings (SSSR count). The number of rotatable bonds is 10. The van der Waals surface area contributed by atoms with Gasteiger partial charge >= 0.3 is 0 Å². The first-order valence-electron chi connectivity index (χ1n) is 14.1. The van der Waals surface area contributed by atoms with E-state index < -0.39 is 6.50 Å². The van der Waals surface area contributed by atoms with E-state index in [4.69, 9.17) is 17.3 Å². The van der Waals surface area contributed by atoms with Gasteiger partial charge in [-0.15, -0.1) is 0 Å². The number of anilines is 4. The van der Waals surface area contributed by atoms with Gasteiger partial charge in [-0.05, 0) is 26.2 Å². The van der Waals surface area contributed by atoms with E-state index >= 15 is 0 Å². The van der Waals surface area contributed by atoms with Crippen LogP contribution in [0.3, 0.4) is 0 Å². The third kappa shape index (κ3) is 6.53. The molecule has 2 N–H and O–H groups in total. The molecular weight excluding hydrogens is 520 g/mol. The lowest BCUT2D eigenvalue weighted by atomic mass is 10.1. The van der Waals surface area contributed by atoms with Crippen molar-refractivity contribution < 1.29 is 17.0 Å². The molecule has 3 heterocycles. The Morgan fingerprint density at radius 3 is 2.68 bits per heavy atom. The standard InChI is InChI=1S/C30H34N8O3/c1-5-28(39)32-23-17-24(26(40-4)18-25(23)37-13-15-41-16-14-37)33-30-31-12-11-27(34-30)38-20-22(19-36(2)3)29(35-38)21-9-7-6-8-10-21/h5-12,17-18,20H,1,13-16,19H2,2-4H3,(H,32,39)(H,31,33,34)/i19D2. The van der Waals surface area contributed by atoms with Gasteiger partial charge in [-0.25, -0.2) is 9.67 Å². The number of nitrogens with zero attached hydrogens (tertiary/aromatic N) is 6. The van der Waals surface area contributed by atoms with Crippen LogP contribution in [0.1, 0.15) is 8.30 Å². The quantitative estimate of drug-likeness (QED) is 0.279. The summed E-state index contributed by atoms with van der Waals surface area (Å²) in [5.74, 6) is 0.869. The highest BCUT2D eigenvalue weighted by atomic mass is 16.5. The zero-order valence-corrected chi connectivity index (χ0v) is 23.3. The topological polar surface area (TPSA) is 110 Å². The second-order valence-electron chi connectivity index (χ2n) is 9.43. The van der Waals surface area contributed by atoms with Crippen molar-refractivity contribution >= 4 is 28.9 Å². The van der Waals surface area contributed by atoms with Crippen LogP contribution in [0.25, 0.3) is 17.1 Å². The fourth-order valence-corrected chi connectivity index (χ4v) is 4.47. The number of methoxy groups -OCH3 is 1. The summed E-state index contributed by atoms with van der Waals surface area (Å²) in [6.07, 6.45) is 4.45. The zero-order chi connectivity index (χ0) is 30.6. The molecule has 1 aliphatic heterocycles. The molecule has 1 aliphatic rings. The highest BCUT2D eigenvalue weighted by Crippen LogP contribution is 2.38. The van der Waals surface area contributed by atoms with Gasteiger partial charge in [0.15, 0.2) is 5.82 Å². The summed E-state index contributed by atoms with van der Waals surface area (Å²) in [5.41, 5.74) is 3.60. The van der Waals surface area contributed by atoms with Crippen LogP contribution < -0.4 is 20.3 Å². The Balaban J connectivity index is 1.52. The largest absolute Gasteiger partial charge is 0.494 e. The lowest BCUT2D eigenvalue weighted by Gasteiger charge is -2.31. The minimum atomic E-state index is -1.79. The van der Waals surface area contributed by atoms with Gasteiger partial charge < -0.3 is 29.9 Å². The van der Waals surface area contributed by atoms with E-state index in [0.717, 1.165) is 11.3 Å². The molecule has 0 radical (unpaired) electrons. The summed E-state index contributed by atoms with van der Waals surface area (Å²) in [4.78, 5) is 25.0. The van der Waals surface area contributed by atoms with Gasteiger partial charge in [0.1, 0.15) is 5.75 Å². The van der Waals surface area contributed by atoms with Gasteiger partial charge in [-0.1, -0.05) is 36.9 Å². The summed E-state index contributed by atoms with van der Waals surface area (Å²) < 4.78 is 30.2. The number of morpholine rings is 1. The maximum atomic E-state index is 12.3. The average Bonchev–Trinajstić information content (AvgIpc) is 3.49. The Kier molecular flexibility index (Phi) is 7.77. The monoisotopic (exact) mass is 556 g/mol. The molecule has 0 bridgehead atoms. The Bertz CT molecular complexity index is 1600. The number of benzene rings is 2. The van der Waals surface area contributed by atoms with Crippen molar-refractivity contribution in [2.45, 2.75) is 6.50 Å². The lowest BCUT2D eigenvalue weighted by Crippen LogP contribution is -2.36. The zero-order valence-electron chi connectivity index (χ0n) is 25.3. The van der Waals surface area contributed by atoms with Gasteiger partial charge in [0, 0.05) is 58.0 Å². The predicted octanol–water partition coefficient (Wildman–Crippen LogP) is 4.10. The second kappa shape index (κ2) is 12.6. The Labute approximate surface area is 242 Å². The van der Waals surface area contributed by atoms with Gasteiger partial charge in [-0.2, -0.15) is 10.1 Å². The van der Waals surface area contributed by atoms with Crippen LogP contribution in [0, 0.1) is 0 Å². The number of hydrogen-bond acceptors (Lipinski definition) is 9. The highest BCUT2D eigenvalue weighted by Gasteiger charge is 2.20. The molecule has 41 heavy (non-hydrogen) atoms. The fourth-order valence-electron chi connectivity index (χ4n) is 4.47. The summed E-state index contributed by atoms with van der Waals surface area (Å²) >= 11 is 0. The first kappa shape index (κ1) is 25.2. The van der Waals surface area contributed by atoms with E-state index in [-0.39, 0.29) is 11.9 Å².